The van der Waals surface area contributed by atoms with Gasteiger partial charge in [0, 0.05) is 24.7 Å². The third-order valence-corrected chi connectivity index (χ3v) is 3.10. The highest BCUT2D eigenvalue weighted by molar-refractivity contribution is 5.73. The molecule has 20 heavy (non-hydrogen) atoms. The Kier molecular flexibility index (Phi) is 4.35. The third-order valence-electron chi connectivity index (χ3n) is 3.10. The molecule has 4 heteroatoms. The second-order valence-electron chi connectivity index (χ2n) is 4.67. The zero-order chi connectivity index (χ0) is 14.5. The molecule has 0 spiro atoms. The van der Waals surface area contributed by atoms with Crippen LogP contribution in [0.25, 0.3) is 11.8 Å². The quantitative estimate of drug-likeness (QED) is 0.927. The molecule has 0 aliphatic rings. The number of aryl methyl sites for hydroxylation is 1. The minimum atomic E-state index is -0.0249. The minimum Gasteiger partial charge on any atom is -0.353 e. The normalized spacial score (nSPS) is 10.9. The Hall–Kier alpha value is -2.36. The van der Waals surface area contributed by atoms with Gasteiger partial charge >= 0.3 is 0 Å². The van der Waals surface area contributed by atoms with E-state index < -0.39 is 0 Å². The summed E-state index contributed by atoms with van der Waals surface area (Å²) in [7, 11) is 0. The van der Waals surface area contributed by atoms with Crippen molar-refractivity contribution in [3.63, 3.8) is 0 Å². The van der Waals surface area contributed by atoms with Gasteiger partial charge in [0.1, 0.15) is 0 Å². The van der Waals surface area contributed by atoms with Crippen LogP contribution in [-0.2, 0) is 4.79 Å². The number of amides is 1. The van der Waals surface area contributed by atoms with Crippen LogP contribution in [0.2, 0.25) is 0 Å². The topological polar surface area (TPSA) is 46.9 Å². The third kappa shape index (κ3) is 3.15. The molecule has 0 atom stereocenters. The lowest BCUT2D eigenvalue weighted by Gasteiger charge is -2.03. The van der Waals surface area contributed by atoms with Gasteiger partial charge in [0.2, 0.25) is 5.91 Å². The van der Waals surface area contributed by atoms with Gasteiger partial charge in [-0.05, 0) is 26.0 Å². The molecule has 2 aromatic rings. The minimum absolute atomic E-state index is 0.0249. The predicted molar refractivity (Wildman–Crippen MR) is 80.8 cm³/mol. The molecular formula is C16H19N3O. The molecule has 0 aliphatic carbocycles. The molecule has 0 fully saturated rings. The monoisotopic (exact) mass is 269 g/mol. The molecule has 1 N–H and O–H groups in total. The number of hydrogen-bond acceptors (Lipinski definition) is 2. The second-order valence-corrected chi connectivity index (χ2v) is 4.67. The van der Waals surface area contributed by atoms with Crippen LogP contribution in [-0.4, -0.2) is 22.2 Å². The van der Waals surface area contributed by atoms with Crippen molar-refractivity contribution in [1.82, 2.24) is 15.1 Å². The number of aromatic nitrogens is 2. The van der Waals surface area contributed by atoms with Crippen molar-refractivity contribution in [2.45, 2.75) is 20.8 Å². The van der Waals surface area contributed by atoms with E-state index >= 15 is 0 Å². The summed E-state index contributed by atoms with van der Waals surface area (Å²) in [6.45, 7) is 6.08. The van der Waals surface area contributed by atoms with E-state index in [1.54, 1.807) is 0 Å². The van der Waals surface area contributed by atoms with Crippen molar-refractivity contribution in [2.75, 3.05) is 6.54 Å². The summed E-state index contributed by atoms with van der Waals surface area (Å²) in [4.78, 5) is 10.8. The first-order chi connectivity index (χ1) is 9.59. The molecule has 4 nitrogen and oxygen atoms in total. The fourth-order valence-corrected chi connectivity index (χ4v) is 2.10. The fraction of sp³-hybridized carbons (Fsp3) is 0.250. The lowest BCUT2D eigenvalue weighted by atomic mass is 10.2. The van der Waals surface area contributed by atoms with Gasteiger partial charge in [-0.15, -0.1) is 0 Å². The summed E-state index contributed by atoms with van der Waals surface area (Å²) in [5.74, 6) is -0.0249. The van der Waals surface area contributed by atoms with E-state index in [0.29, 0.717) is 6.54 Å². The first kappa shape index (κ1) is 14.1. The van der Waals surface area contributed by atoms with Crippen molar-refractivity contribution in [1.29, 1.82) is 0 Å². The fourth-order valence-electron chi connectivity index (χ4n) is 2.10. The van der Waals surface area contributed by atoms with Gasteiger partial charge in [0.25, 0.3) is 0 Å². The van der Waals surface area contributed by atoms with Gasteiger partial charge in [0.15, 0.2) is 0 Å². The number of nitrogens with one attached hydrogen (secondary N) is 1. The average Bonchev–Trinajstić information content (AvgIpc) is 2.71. The first-order valence-corrected chi connectivity index (χ1v) is 6.62. The predicted octanol–water partition coefficient (Wildman–Crippen LogP) is 2.64. The molecule has 0 saturated carbocycles. The van der Waals surface area contributed by atoms with E-state index in [0.717, 1.165) is 22.6 Å². The highest BCUT2D eigenvalue weighted by atomic mass is 16.1. The van der Waals surface area contributed by atoms with Crippen LogP contribution in [0.3, 0.4) is 0 Å². The Morgan fingerprint density at radius 3 is 2.65 bits per heavy atom. The molecule has 0 saturated heterocycles. The maximum atomic E-state index is 10.8. The van der Waals surface area contributed by atoms with Crippen LogP contribution < -0.4 is 5.32 Å². The van der Waals surface area contributed by atoms with Gasteiger partial charge < -0.3 is 5.32 Å². The van der Waals surface area contributed by atoms with Crippen LogP contribution in [0.5, 0.6) is 0 Å². The second kappa shape index (κ2) is 6.19. The summed E-state index contributed by atoms with van der Waals surface area (Å²) in [5, 5.41) is 7.31. The highest BCUT2D eigenvalue weighted by Gasteiger charge is 2.09. The van der Waals surface area contributed by atoms with E-state index in [2.05, 4.69) is 10.4 Å². The summed E-state index contributed by atoms with van der Waals surface area (Å²) >= 11 is 0. The first-order valence-electron chi connectivity index (χ1n) is 6.62. The van der Waals surface area contributed by atoms with Crippen LogP contribution in [0.15, 0.2) is 36.4 Å². The van der Waals surface area contributed by atoms with Gasteiger partial charge in [-0.2, -0.15) is 5.10 Å². The smallest absolute Gasteiger partial charge is 0.217 e. The number of para-hydroxylation sites is 1. The van der Waals surface area contributed by atoms with E-state index in [9.17, 15) is 4.79 Å². The highest BCUT2D eigenvalue weighted by Crippen LogP contribution is 2.18. The molecule has 0 aliphatic heterocycles. The molecular weight excluding hydrogens is 250 g/mol. The van der Waals surface area contributed by atoms with E-state index in [4.69, 9.17) is 0 Å². The molecule has 0 bridgehead atoms. The molecule has 1 heterocycles. The Morgan fingerprint density at radius 1 is 1.30 bits per heavy atom. The van der Waals surface area contributed by atoms with Crippen LogP contribution >= 0.6 is 0 Å². The van der Waals surface area contributed by atoms with Gasteiger partial charge in [0.05, 0.1) is 11.4 Å². The number of benzene rings is 1. The molecule has 1 aromatic heterocycles. The number of hydrogen-bond donors (Lipinski definition) is 1. The van der Waals surface area contributed by atoms with Crippen LogP contribution in [0, 0.1) is 13.8 Å². The van der Waals surface area contributed by atoms with Gasteiger partial charge in [-0.25, -0.2) is 4.68 Å². The standard InChI is InChI=1S/C16H19N3O/c1-12-16(10-7-11-17-14(3)20)13(2)19(18-12)15-8-5-4-6-9-15/h4-10H,11H2,1-3H3,(H,17,20). The number of nitrogens with zero attached hydrogens (tertiary/aromatic N) is 2. The Labute approximate surface area is 119 Å². The SMILES string of the molecule is CC(=O)NCC=Cc1c(C)nn(-c2ccccc2)c1C. The van der Waals surface area contributed by atoms with Gasteiger partial charge in [-0.3, -0.25) is 4.79 Å². The van der Waals surface area contributed by atoms with Crippen LogP contribution in [0.1, 0.15) is 23.9 Å². The number of rotatable bonds is 4. The van der Waals surface area contributed by atoms with Crippen molar-refractivity contribution in [2.24, 2.45) is 0 Å². The van der Waals surface area contributed by atoms with E-state index in [1.807, 2.05) is 61.0 Å². The van der Waals surface area contributed by atoms with E-state index in [1.165, 1.54) is 6.92 Å². The summed E-state index contributed by atoms with van der Waals surface area (Å²) in [5.41, 5.74) is 4.21. The zero-order valence-corrected chi connectivity index (χ0v) is 12.1. The van der Waals surface area contributed by atoms with Crippen molar-refractivity contribution >= 4 is 12.0 Å². The van der Waals surface area contributed by atoms with Crippen molar-refractivity contribution < 1.29 is 4.79 Å². The number of carbonyl (C=O) groups is 1. The molecule has 0 radical (unpaired) electrons. The van der Waals surface area contributed by atoms with Crippen LogP contribution in [0.4, 0.5) is 0 Å². The zero-order valence-electron chi connectivity index (χ0n) is 12.1. The maximum Gasteiger partial charge on any atom is 0.217 e. The molecule has 104 valence electrons. The molecule has 1 aromatic carbocycles. The lowest BCUT2D eigenvalue weighted by molar-refractivity contribution is -0.118. The summed E-state index contributed by atoms with van der Waals surface area (Å²) < 4.78 is 1.94. The Morgan fingerprint density at radius 2 is 2.00 bits per heavy atom. The average molecular weight is 269 g/mol. The lowest BCUT2D eigenvalue weighted by Crippen LogP contribution is -2.19. The number of carbonyl (C=O) groups excluding carboxylic acids is 1. The summed E-state index contributed by atoms with van der Waals surface area (Å²) in [6, 6.07) is 10.0. The Bertz CT molecular complexity index is 627. The van der Waals surface area contributed by atoms with E-state index in [-0.39, 0.29) is 5.91 Å². The molecule has 2 rings (SSSR count). The van der Waals surface area contributed by atoms with Gasteiger partial charge in [-0.1, -0.05) is 30.4 Å². The maximum absolute atomic E-state index is 10.8. The molecule has 1 amide bonds. The largest absolute Gasteiger partial charge is 0.353 e. The molecule has 0 unspecified atom stereocenters. The summed E-state index contributed by atoms with van der Waals surface area (Å²) in [6.07, 6.45) is 3.95. The van der Waals surface area contributed by atoms with Crippen molar-refractivity contribution in [3.8, 4) is 5.69 Å². The Balaban J connectivity index is 2.23. The van der Waals surface area contributed by atoms with Crippen molar-refractivity contribution in [3.05, 3.63) is 53.4 Å².